The fourth-order valence-electron chi connectivity index (χ4n) is 4.27. The number of aromatic nitrogens is 2. The molecular formula is C28H38N4O3. The smallest absolute Gasteiger partial charge is 0.242 e. The van der Waals surface area contributed by atoms with E-state index in [1.807, 2.05) is 64.9 Å². The van der Waals surface area contributed by atoms with Gasteiger partial charge in [-0.1, -0.05) is 52.0 Å². The van der Waals surface area contributed by atoms with Crippen molar-refractivity contribution in [3.63, 3.8) is 0 Å². The Bertz CT molecular complexity index is 1120. The summed E-state index contributed by atoms with van der Waals surface area (Å²) in [5.74, 6) is 2.16. The van der Waals surface area contributed by atoms with Crippen LogP contribution in [0.1, 0.15) is 52.0 Å². The third-order valence-corrected chi connectivity index (χ3v) is 5.79. The second kappa shape index (κ2) is 11.9. The van der Waals surface area contributed by atoms with Gasteiger partial charge in [-0.3, -0.25) is 9.59 Å². The first-order chi connectivity index (χ1) is 16.7. The summed E-state index contributed by atoms with van der Waals surface area (Å²) < 4.78 is 7.13. The molecule has 0 saturated heterocycles. The van der Waals surface area contributed by atoms with Crippen LogP contribution in [0.3, 0.4) is 0 Å². The van der Waals surface area contributed by atoms with Crippen molar-refractivity contribution in [2.45, 2.75) is 53.6 Å². The average molecular weight is 479 g/mol. The van der Waals surface area contributed by atoms with Crippen LogP contribution in [0.4, 0.5) is 0 Å². The molecule has 1 heterocycles. The van der Waals surface area contributed by atoms with E-state index in [0.29, 0.717) is 30.7 Å². The van der Waals surface area contributed by atoms with E-state index in [-0.39, 0.29) is 30.8 Å². The van der Waals surface area contributed by atoms with E-state index in [4.69, 9.17) is 9.72 Å². The fraction of sp³-hybridized carbons (Fsp3) is 0.464. The molecule has 3 aromatic rings. The molecule has 0 aliphatic rings. The number of imidazole rings is 1. The van der Waals surface area contributed by atoms with Crippen LogP contribution in [-0.4, -0.2) is 46.5 Å². The number of hydrogen-bond donors (Lipinski definition) is 1. The highest BCUT2D eigenvalue weighted by atomic mass is 16.5. The Hall–Kier alpha value is -3.35. The van der Waals surface area contributed by atoms with Gasteiger partial charge in [-0.15, -0.1) is 0 Å². The maximum absolute atomic E-state index is 13.4. The monoisotopic (exact) mass is 478 g/mol. The van der Waals surface area contributed by atoms with Crippen molar-refractivity contribution in [3.8, 4) is 5.75 Å². The first-order valence-electron chi connectivity index (χ1n) is 12.3. The van der Waals surface area contributed by atoms with Crippen molar-refractivity contribution < 1.29 is 14.3 Å². The molecule has 1 unspecified atom stereocenters. The van der Waals surface area contributed by atoms with Crippen LogP contribution in [-0.2, 0) is 22.6 Å². The topological polar surface area (TPSA) is 76.5 Å². The van der Waals surface area contributed by atoms with Gasteiger partial charge in [0.2, 0.25) is 11.8 Å². The van der Waals surface area contributed by atoms with E-state index in [0.717, 1.165) is 22.3 Å². The molecule has 188 valence electrons. The Kier molecular flexibility index (Phi) is 8.90. The number of rotatable bonds is 11. The highest BCUT2D eigenvalue weighted by molar-refractivity contribution is 5.82. The van der Waals surface area contributed by atoms with E-state index in [1.54, 1.807) is 7.11 Å². The molecule has 7 heteroatoms. The van der Waals surface area contributed by atoms with Crippen LogP contribution < -0.4 is 10.1 Å². The van der Waals surface area contributed by atoms with Gasteiger partial charge in [-0.2, -0.15) is 0 Å². The summed E-state index contributed by atoms with van der Waals surface area (Å²) in [6, 6.07) is 14.9. The highest BCUT2D eigenvalue weighted by Gasteiger charge is 2.23. The quantitative estimate of drug-likeness (QED) is 0.437. The van der Waals surface area contributed by atoms with Crippen LogP contribution in [0.5, 0.6) is 5.75 Å². The standard InChI is InChI=1S/C28H38N4O3/c1-19(2)16-31(17-20(3)4)27(34)18-32-25-10-8-7-9-24(25)30-28(32)21(5)29-26(33)15-22-11-13-23(35-6)14-12-22/h7-14,19-21H,15-18H2,1-6H3,(H,29,33). The molecule has 0 radical (unpaired) electrons. The van der Waals surface area contributed by atoms with E-state index in [2.05, 4.69) is 33.0 Å². The first kappa shape index (κ1) is 26.3. The highest BCUT2D eigenvalue weighted by Crippen LogP contribution is 2.22. The zero-order valence-corrected chi connectivity index (χ0v) is 21.7. The van der Waals surface area contributed by atoms with Gasteiger partial charge in [-0.25, -0.2) is 4.98 Å². The molecule has 2 aromatic carbocycles. The first-order valence-corrected chi connectivity index (χ1v) is 12.3. The summed E-state index contributed by atoms with van der Waals surface area (Å²) in [5.41, 5.74) is 2.60. The minimum Gasteiger partial charge on any atom is -0.497 e. The summed E-state index contributed by atoms with van der Waals surface area (Å²) in [6.07, 6.45) is 0.254. The predicted octanol–water partition coefficient (Wildman–Crippen LogP) is 4.61. The lowest BCUT2D eigenvalue weighted by Crippen LogP contribution is -2.39. The van der Waals surface area contributed by atoms with Gasteiger partial charge in [-0.05, 0) is 48.6 Å². The molecule has 1 atom stereocenters. The molecule has 0 spiro atoms. The van der Waals surface area contributed by atoms with Crippen LogP contribution in [0.15, 0.2) is 48.5 Å². The zero-order valence-electron chi connectivity index (χ0n) is 21.7. The number of carbonyl (C=O) groups excluding carboxylic acids is 2. The minimum absolute atomic E-state index is 0.0635. The SMILES string of the molecule is COc1ccc(CC(=O)NC(C)c2nc3ccccc3n2CC(=O)N(CC(C)C)CC(C)C)cc1. The third kappa shape index (κ3) is 7.07. The van der Waals surface area contributed by atoms with E-state index < -0.39 is 0 Å². The fourth-order valence-corrected chi connectivity index (χ4v) is 4.27. The predicted molar refractivity (Wildman–Crippen MR) is 139 cm³/mol. The van der Waals surface area contributed by atoms with Crippen LogP contribution in [0, 0.1) is 11.8 Å². The summed E-state index contributed by atoms with van der Waals surface area (Å²) in [7, 11) is 1.62. The molecule has 0 bridgehead atoms. The molecule has 7 nitrogen and oxygen atoms in total. The Morgan fingerprint density at radius 2 is 1.60 bits per heavy atom. The second-order valence-electron chi connectivity index (χ2n) is 9.95. The van der Waals surface area contributed by atoms with Gasteiger partial charge in [0, 0.05) is 13.1 Å². The van der Waals surface area contributed by atoms with E-state index in [9.17, 15) is 9.59 Å². The van der Waals surface area contributed by atoms with Gasteiger partial charge < -0.3 is 19.5 Å². The van der Waals surface area contributed by atoms with Crippen molar-refractivity contribution in [1.29, 1.82) is 0 Å². The number of hydrogen-bond acceptors (Lipinski definition) is 4. The average Bonchev–Trinajstić information content (AvgIpc) is 3.17. The Balaban J connectivity index is 1.81. The van der Waals surface area contributed by atoms with E-state index >= 15 is 0 Å². The Morgan fingerprint density at radius 3 is 2.20 bits per heavy atom. The molecule has 3 rings (SSSR count). The molecule has 35 heavy (non-hydrogen) atoms. The van der Waals surface area contributed by atoms with Crippen LogP contribution in [0.2, 0.25) is 0 Å². The molecule has 0 aliphatic carbocycles. The van der Waals surface area contributed by atoms with Crippen LogP contribution >= 0.6 is 0 Å². The zero-order chi connectivity index (χ0) is 25.5. The molecular weight excluding hydrogens is 440 g/mol. The maximum Gasteiger partial charge on any atom is 0.242 e. The number of nitrogens with one attached hydrogen (secondary N) is 1. The Labute approximate surface area is 208 Å². The van der Waals surface area contributed by atoms with Crippen molar-refractivity contribution in [1.82, 2.24) is 19.8 Å². The largest absolute Gasteiger partial charge is 0.497 e. The van der Waals surface area contributed by atoms with E-state index in [1.165, 1.54) is 0 Å². The number of fused-ring (bicyclic) bond motifs is 1. The summed E-state index contributed by atoms with van der Waals surface area (Å²) in [4.78, 5) is 32.9. The second-order valence-corrected chi connectivity index (χ2v) is 9.95. The number of ether oxygens (including phenoxy) is 1. The number of amides is 2. The molecule has 0 aliphatic heterocycles. The lowest BCUT2D eigenvalue weighted by molar-refractivity contribution is -0.132. The van der Waals surface area contributed by atoms with Crippen LogP contribution in [0.25, 0.3) is 11.0 Å². The molecule has 1 aromatic heterocycles. The minimum atomic E-state index is -0.357. The number of methoxy groups -OCH3 is 1. The van der Waals surface area contributed by atoms with Crippen molar-refractivity contribution in [2.24, 2.45) is 11.8 Å². The summed E-state index contributed by atoms with van der Waals surface area (Å²) in [6.45, 7) is 12.0. The maximum atomic E-state index is 13.4. The summed E-state index contributed by atoms with van der Waals surface area (Å²) >= 11 is 0. The normalized spacial score (nSPS) is 12.2. The van der Waals surface area contributed by atoms with Gasteiger partial charge in [0.1, 0.15) is 18.1 Å². The van der Waals surface area contributed by atoms with Crippen molar-refractivity contribution in [3.05, 3.63) is 59.9 Å². The van der Waals surface area contributed by atoms with Crippen molar-refractivity contribution >= 4 is 22.8 Å². The summed E-state index contributed by atoms with van der Waals surface area (Å²) in [5, 5.41) is 3.06. The third-order valence-electron chi connectivity index (χ3n) is 5.79. The van der Waals surface area contributed by atoms with Gasteiger partial charge in [0.05, 0.1) is 30.6 Å². The molecule has 1 N–H and O–H groups in total. The lowest BCUT2D eigenvalue weighted by atomic mass is 10.1. The molecule has 0 fully saturated rings. The van der Waals surface area contributed by atoms with Gasteiger partial charge in [0.25, 0.3) is 0 Å². The number of nitrogens with zero attached hydrogens (tertiary/aromatic N) is 3. The number of para-hydroxylation sites is 2. The van der Waals surface area contributed by atoms with Gasteiger partial charge >= 0.3 is 0 Å². The van der Waals surface area contributed by atoms with Crippen molar-refractivity contribution in [2.75, 3.05) is 20.2 Å². The molecule has 2 amide bonds. The van der Waals surface area contributed by atoms with Gasteiger partial charge in [0.15, 0.2) is 0 Å². The molecule has 0 saturated carbocycles. The number of carbonyl (C=O) groups is 2. The Morgan fingerprint density at radius 1 is 0.971 bits per heavy atom. The lowest BCUT2D eigenvalue weighted by Gasteiger charge is -2.27. The number of benzene rings is 2.